The van der Waals surface area contributed by atoms with Crippen LogP contribution in [0.25, 0.3) is 0 Å². The molecule has 0 aliphatic rings. The maximum absolute atomic E-state index is 12.7. The van der Waals surface area contributed by atoms with Crippen molar-refractivity contribution in [3.8, 4) is 0 Å². The summed E-state index contributed by atoms with van der Waals surface area (Å²) in [6, 6.07) is 0. The third kappa shape index (κ3) is 44.6. The van der Waals surface area contributed by atoms with Crippen molar-refractivity contribution >= 4 is 17.9 Å². The molecule has 57 heavy (non-hydrogen) atoms. The van der Waals surface area contributed by atoms with Crippen LogP contribution >= 0.6 is 0 Å². The zero-order chi connectivity index (χ0) is 41.5. The van der Waals surface area contributed by atoms with E-state index in [1.807, 2.05) is 0 Å². The van der Waals surface area contributed by atoms with Gasteiger partial charge in [-0.1, -0.05) is 218 Å². The molecule has 0 heterocycles. The lowest BCUT2D eigenvalue weighted by atomic mass is 10.0. The number of unbranched alkanes of at least 4 members (excludes halogenated alkanes) is 27. The van der Waals surface area contributed by atoms with E-state index in [1.54, 1.807) is 0 Å². The summed E-state index contributed by atoms with van der Waals surface area (Å²) in [5.74, 6) is -0.919. The molecule has 332 valence electrons. The van der Waals surface area contributed by atoms with Crippen molar-refractivity contribution in [2.45, 2.75) is 258 Å². The summed E-state index contributed by atoms with van der Waals surface area (Å²) in [7, 11) is 0. The second kappa shape index (κ2) is 46.3. The Hall–Kier alpha value is -2.37. The highest BCUT2D eigenvalue weighted by Gasteiger charge is 2.19. The molecule has 0 fully saturated rings. The van der Waals surface area contributed by atoms with E-state index in [0.717, 1.165) is 70.6 Å². The molecule has 0 aliphatic carbocycles. The zero-order valence-electron chi connectivity index (χ0n) is 37.9. The predicted molar refractivity (Wildman–Crippen MR) is 242 cm³/mol. The summed E-state index contributed by atoms with van der Waals surface area (Å²) in [5.41, 5.74) is 0. The maximum atomic E-state index is 12.7. The Bertz CT molecular complexity index is 969. The molecule has 0 saturated carbocycles. The lowest BCUT2D eigenvalue weighted by Gasteiger charge is -2.18. The standard InChI is InChI=1S/C51H92O6/c1-4-7-10-13-16-19-21-23-24-25-26-27-28-30-32-35-38-41-44-50(53)56-47-48(46-55-49(52)43-40-37-34-31-18-15-12-9-6-3)57-51(54)45-42-39-36-33-29-22-20-17-14-11-8-5-2/h8,11,17,20,29,33,48H,4-7,9-10,12-16,18-19,21-28,30-32,34-47H2,1-3H3/b11-8-,20-17-,33-29-. The Balaban J connectivity index is 4.30. The third-order valence-electron chi connectivity index (χ3n) is 10.7. The largest absolute Gasteiger partial charge is 0.462 e. The maximum Gasteiger partial charge on any atom is 0.306 e. The van der Waals surface area contributed by atoms with Crippen LogP contribution in [0.5, 0.6) is 0 Å². The average Bonchev–Trinajstić information content (AvgIpc) is 3.21. The number of carbonyl (C=O) groups excluding carboxylic acids is 3. The van der Waals surface area contributed by atoms with Gasteiger partial charge in [0, 0.05) is 19.3 Å². The summed E-state index contributed by atoms with van der Waals surface area (Å²) in [6.07, 6.45) is 52.8. The lowest BCUT2D eigenvalue weighted by Crippen LogP contribution is -2.30. The first kappa shape index (κ1) is 54.6. The minimum atomic E-state index is -0.785. The average molecular weight is 801 g/mol. The third-order valence-corrected chi connectivity index (χ3v) is 10.7. The number of esters is 3. The van der Waals surface area contributed by atoms with Crippen LogP contribution < -0.4 is 0 Å². The van der Waals surface area contributed by atoms with E-state index in [-0.39, 0.29) is 37.5 Å². The van der Waals surface area contributed by atoms with E-state index in [1.165, 1.54) is 135 Å². The Labute approximate surface area is 353 Å². The molecule has 0 spiro atoms. The fourth-order valence-electron chi connectivity index (χ4n) is 6.99. The molecular formula is C51H92O6. The van der Waals surface area contributed by atoms with Gasteiger partial charge >= 0.3 is 17.9 Å². The Morgan fingerprint density at radius 2 is 0.684 bits per heavy atom. The van der Waals surface area contributed by atoms with Crippen LogP contribution in [-0.4, -0.2) is 37.2 Å². The van der Waals surface area contributed by atoms with Gasteiger partial charge in [-0.2, -0.15) is 0 Å². The molecule has 1 atom stereocenters. The molecule has 0 aromatic rings. The van der Waals surface area contributed by atoms with Gasteiger partial charge in [-0.25, -0.2) is 0 Å². The van der Waals surface area contributed by atoms with Crippen LogP contribution in [0.4, 0.5) is 0 Å². The molecular weight excluding hydrogens is 709 g/mol. The van der Waals surface area contributed by atoms with Crippen molar-refractivity contribution in [1.29, 1.82) is 0 Å². The van der Waals surface area contributed by atoms with E-state index >= 15 is 0 Å². The van der Waals surface area contributed by atoms with Crippen molar-refractivity contribution in [2.75, 3.05) is 13.2 Å². The van der Waals surface area contributed by atoms with Crippen LogP contribution in [-0.2, 0) is 28.6 Å². The van der Waals surface area contributed by atoms with E-state index in [2.05, 4.69) is 57.2 Å². The quantitative estimate of drug-likeness (QED) is 0.0264. The van der Waals surface area contributed by atoms with Crippen molar-refractivity contribution in [3.63, 3.8) is 0 Å². The van der Waals surface area contributed by atoms with Gasteiger partial charge < -0.3 is 14.2 Å². The smallest absolute Gasteiger partial charge is 0.306 e. The lowest BCUT2D eigenvalue weighted by molar-refractivity contribution is -0.167. The summed E-state index contributed by atoms with van der Waals surface area (Å²) >= 11 is 0. The topological polar surface area (TPSA) is 78.9 Å². The first-order valence-corrected chi connectivity index (χ1v) is 24.5. The van der Waals surface area contributed by atoms with E-state index in [0.29, 0.717) is 19.3 Å². The Morgan fingerprint density at radius 3 is 1.07 bits per heavy atom. The van der Waals surface area contributed by atoms with Crippen LogP contribution in [0, 0.1) is 0 Å². The SMILES string of the molecule is CC/C=C\C/C=C\C/C=C\CCCCC(=O)OC(COC(=O)CCCCCCCCCCC)COC(=O)CCCCCCCCCCCCCCCCCCCC. The van der Waals surface area contributed by atoms with Crippen LogP contribution in [0.2, 0.25) is 0 Å². The van der Waals surface area contributed by atoms with Gasteiger partial charge in [0.05, 0.1) is 0 Å². The second-order valence-corrected chi connectivity index (χ2v) is 16.4. The van der Waals surface area contributed by atoms with Gasteiger partial charge in [0.15, 0.2) is 6.10 Å². The summed E-state index contributed by atoms with van der Waals surface area (Å²) in [4.78, 5) is 37.7. The zero-order valence-corrected chi connectivity index (χ0v) is 37.9. The molecule has 6 heteroatoms. The van der Waals surface area contributed by atoms with E-state index < -0.39 is 6.10 Å². The van der Waals surface area contributed by atoms with Crippen molar-refractivity contribution in [1.82, 2.24) is 0 Å². The summed E-state index contributed by atoms with van der Waals surface area (Å²) in [6.45, 7) is 6.48. The molecule has 0 radical (unpaired) electrons. The van der Waals surface area contributed by atoms with Crippen molar-refractivity contribution in [3.05, 3.63) is 36.5 Å². The van der Waals surface area contributed by atoms with Gasteiger partial charge in [0.2, 0.25) is 0 Å². The van der Waals surface area contributed by atoms with Gasteiger partial charge in [0.1, 0.15) is 13.2 Å². The minimum Gasteiger partial charge on any atom is -0.462 e. The molecule has 0 aromatic heterocycles. The van der Waals surface area contributed by atoms with Crippen LogP contribution in [0.15, 0.2) is 36.5 Å². The first-order chi connectivity index (χ1) is 28.0. The molecule has 6 nitrogen and oxygen atoms in total. The van der Waals surface area contributed by atoms with Gasteiger partial charge in [-0.05, 0) is 51.4 Å². The fraction of sp³-hybridized carbons (Fsp3) is 0.824. The second-order valence-electron chi connectivity index (χ2n) is 16.4. The number of hydrogen-bond acceptors (Lipinski definition) is 6. The van der Waals surface area contributed by atoms with Gasteiger partial charge in [-0.15, -0.1) is 0 Å². The minimum absolute atomic E-state index is 0.0839. The number of allylic oxidation sites excluding steroid dienone is 6. The highest BCUT2D eigenvalue weighted by molar-refractivity contribution is 5.71. The molecule has 0 bridgehead atoms. The molecule has 0 aromatic carbocycles. The highest BCUT2D eigenvalue weighted by atomic mass is 16.6. The Morgan fingerprint density at radius 1 is 0.368 bits per heavy atom. The molecule has 0 aliphatic heterocycles. The molecule has 0 N–H and O–H groups in total. The van der Waals surface area contributed by atoms with Gasteiger partial charge in [0.25, 0.3) is 0 Å². The Kier molecular flexibility index (Phi) is 44.4. The summed E-state index contributed by atoms with van der Waals surface area (Å²) in [5, 5.41) is 0. The number of carbonyl (C=O) groups is 3. The number of hydrogen-bond donors (Lipinski definition) is 0. The first-order valence-electron chi connectivity index (χ1n) is 24.5. The van der Waals surface area contributed by atoms with Crippen LogP contribution in [0.3, 0.4) is 0 Å². The molecule has 0 amide bonds. The molecule has 1 unspecified atom stereocenters. The summed E-state index contributed by atoms with van der Waals surface area (Å²) < 4.78 is 16.7. The predicted octanol–water partition coefficient (Wildman–Crippen LogP) is 15.8. The number of ether oxygens (including phenoxy) is 3. The van der Waals surface area contributed by atoms with Crippen LogP contribution in [0.1, 0.15) is 252 Å². The molecule has 0 saturated heterocycles. The fourth-order valence-corrected chi connectivity index (χ4v) is 6.99. The van der Waals surface area contributed by atoms with Gasteiger partial charge in [-0.3, -0.25) is 14.4 Å². The van der Waals surface area contributed by atoms with E-state index in [9.17, 15) is 14.4 Å². The van der Waals surface area contributed by atoms with Crippen molar-refractivity contribution in [2.24, 2.45) is 0 Å². The van der Waals surface area contributed by atoms with E-state index in [4.69, 9.17) is 14.2 Å². The van der Waals surface area contributed by atoms with Crippen molar-refractivity contribution < 1.29 is 28.6 Å². The molecule has 0 rings (SSSR count). The monoisotopic (exact) mass is 801 g/mol. The normalized spacial score (nSPS) is 12.3. The number of rotatable bonds is 44. The highest BCUT2D eigenvalue weighted by Crippen LogP contribution is 2.16.